The standard InChI is InChI=1S/C18H28N2O4.ClH/c1-22-11-10-20(18(21)7-4-14-8-9-19-13-14)15-5-6-16(23-2)17(12-15)24-3;/h5-6,12,14,19H,4,7-11,13H2,1-3H3;1H. The van der Waals surface area contributed by atoms with E-state index in [0.29, 0.717) is 37.0 Å². The number of ether oxygens (including phenoxy) is 3. The molecule has 1 aromatic carbocycles. The van der Waals surface area contributed by atoms with Crippen LogP contribution in [0.3, 0.4) is 0 Å². The number of amides is 1. The summed E-state index contributed by atoms with van der Waals surface area (Å²) in [5.74, 6) is 1.98. The van der Waals surface area contributed by atoms with Gasteiger partial charge in [-0.25, -0.2) is 0 Å². The third-order valence-electron chi connectivity index (χ3n) is 4.43. The quantitative estimate of drug-likeness (QED) is 0.721. The normalized spacial score (nSPS) is 16.2. The summed E-state index contributed by atoms with van der Waals surface area (Å²) in [5.41, 5.74) is 0.805. The molecule has 1 fully saturated rings. The lowest BCUT2D eigenvalue weighted by molar-refractivity contribution is -0.119. The summed E-state index contributed by atoms with van der Waals surface area (Å²) in [6, 6.07) is 5.54. The Balaban J connectivity index is 0.00000312. The summed E-state index contributed by atoms with van der Waals surface area (Å²) in [6.45, 7) is 3.09. The van der Waals surface area contributed by atoms with Crippen LogP contribution in [0.15, 0.2) is 18.2 Å². The number of halogens is 1. The third kappa shape index (κ3) is 6.06. The predicted molar refractivity (Wildman–Crippen MR) is 101 cm³/mol. The molecule has 0 bridgehead atoms. The highest BCUT2D eigenvalue weighted by Gasteiger charge is 2.21. The molecule has 1 amide bonds. The number of methoxy groups -OCH3 is 3. The van der Waals surface area contributed by atoms with Gasteiger partial charge < -0.3 is 24.4 Å². The second kappa shape index (κ2) is 11.2. The minimum Gasteiger partial charge on any atom is -0.493 e. The van der Waals surface area contributed by atoms with E-state index in [9.17, 15) is 4.79 Å². The van der Waals surface area contributed by atoms with Crippen LogP contribution in [0.5, 0.6) is 11.5 Å². The third-order valence-corrected chi connectivity index (χ3v) is 4.43. The number of rotatable bonds is 9. The molecule has 0 spiro atoms. The zero-order valence-electron chi connectivity index (χ0n) is 15.2. The van der Waals surface area contributed by atoms with E-state index >= 15 is 0 Å². The molecular weight excluding hydrogens is 344 g/mol. The lowest BCUT2D eigenvalue weighted by Gasteiger charge is -2.24. The van der Waals surface area contributed by atoms with Gasteiger partial charge in [0.15, 0.2) is 11.5 Å². The Morgan fingerprint density at radius 2 is 2.00 bits per heavy atom. The van der Waals surface area contributed by atoms with E-state index in [0.717, 1.165) is 31.6 Å². The molecule has 0 aromatic heterocycles. The molecule has 142 valence electrons. The van der Waals surface area contributed by atoms with Crippen molar-refractivity contribution in [2.24, 2.45) is 5.92 Å². The Kier molecular flexibility index (Phi) is 9.63. The van der Waals surface area contributed by atoms with Crippen molar-refractivity contribution in [1.29, 1.82) is 0 Å². The number of nitrogens with one attached hydrogen (secondary N) is 1. The largest absolute Gasteiger partial charge is 0.493 e. The number of hydrogen-bond acceptors (Lipinski definition) is 5. The molecule has 1 heterocycles. The SMILES string of the molecule is COCCN(C(=O)CCC1CCNC1)c1ccc(OC)c(OC)c1.Cl. The van der Waals surface area contributed by atoms with Crippen LogP contribution in [0.25, 0.3) is 0 Å². The Bertz CT molecular complexity index is 536. The Morgan fingerprint density at radius 3 is 2.60 bits per heavy atom. The van der Waals surface area contributed by atoms with Crippen molar-refractivity contribution in [1.82, 2.24) is 5.32 Å². The van der Waals surface area contributed by atoms with Gasteiger partial charge >= 0.3 is 0 Å². The first-order valence-electron chi connectivity index (χ1n) is 8.41. The van der Waals surface area contributed by atoms with E-state index in [1.807, 2.05) is 18.2 Å². The van der Waals surface area contributed by atoms with Crippen molar-refractivity contribution in [2.75, 3.05) is 52.5 Å². The molecule has 1 saturated heterocycles. The molecule has 0 aliphatic carbocycles. The topological polar surface area (TPSA) is 60.0 Å². The molecule has 1 aliphatic rings. The first-order chi connectivity index (χ1) is 11.7. The van der Waals surface area contributed by atoms with Crippen molar-refractivity contribution in [3.05, 3.63) is 18.2 Å². The molecule has 0 saturated carbocycles. The number of carbonyl (C=O) groups excluding carboxylic acids is 1. The van der Waals surface area contributed by atoms with Crippen molar-refractivity contribution in [3.63, 3.8) is 0 Å². The zero-order chi connectivity index (χ0) is 17.4. The molecule has 1 aliphatic heterocycles. The summed E-state index contributed by atoms with van der Waals surface area (Å²) < 4.78 is 15.8. The molecule has 1 unspecified atom stereocenters. The maximum Gasteiger partial charge on any atom is 0.227 e. The fourth-order valence-electron chi connectivity index (χ4n) is 3.00. The Hall–Kier alpha value is -1.50. The molecule has 7 heteroatoms. The van der Waals surface area contributed by atoms with E-state index in [2.05, 4.69) is 5.32 Å². The summed E-state index contributed by atoms with van der Waals surface area (Å²) >= 11 is 0. The van der Waals surface area contributed by atoms with Gasteiger partial charge in [0.1, 0.15) is 0 Å². The highest BCUT2D eigenvalue weighted by Crippen LogP contribution is 2.32. The van der Waals surface area contributed by atoms with Crippen molar-refractivity contribution >= 4 is 24.0 Å². The zero-order valence-corrected chi connectivity index (χ0v) is 16.1. The van der Waals surface area contributed by atoms with E-state index in [4.69, 9.17) is 14.2 Å². The van der Waals surface area contributed by atoms with E-state index in [1.165, 1.54) is 0 Å². The van der Waals surface area contributed by atoms with Crippen LogP contribution >= 0.6 is 12.4 Å². The van der Waals surface area contributed by atoms with Crippen LogP contribution in [-0.2, 0) is 9.53 Å². The summed E-state index contributed by atoms with van der Waals surface area (Å²) in [4.78, 5) is 14.5. The first kappa shape index (κ1) is 21.5. The number of benzene rings is 1. The molecule has 25 heavy (non-hydrogen) atoms. The van der Waals surface area contributed by atoms with E-state index in [1.54, 1.807) is 26.2 Å². The lowest BCUT2D eigenvalue weighted by atomic mass is 10.0. The van der Waals surface area contributed by atoms with Gasteiger partial charge in [0.2, 0.25) is 5.91 Å². The highest BCUT2D eigenvalue weighted by atomic mass is 35.5. The van der Waals surface area contributed by atoms with Crippen LogP contribution in [-0.4, -0.2) is 53.5 Å². The van der Waals surface area contributed by atoms with Crippen molar-refractivity contribution in [2.45, 2.75) is 19.3 Å². The second-order valence-electron chi connectivity index (χ2n) is 5.97. The van der Waals surface area contributed by atoms with Gasteiger partial charge in [-0.05, 0) is 44.0 Å². The van der Waals surface area contributed by atoms with Gasteiger partial charge in [0.05, 0.1) is 20.8 Å². The van der Waals surface area contributed by atoms with Crippen LogP contribution in [0.4, 0.5) is 5.69 Å². The second-order valence-corrected chi connectivity index (χ2v) is 5.97. The van der Waals surface area contributed by atoms with E-state index in [-0.39, 0.29) is 18.3 Å². The minimum atomic E-state index is 0. The predicted octanol–water partition coefficient (Wildman–Crippen LogP) is 2.49. The average Bonchev–Trinajstić information content (AvgIpc) is 3.13. The summed E-state index contributed by atoms with van der Waals surface area (Å²) in [6.07, 6.45) is 2.62. The fraction of sp³-hybridized carbons (Fsp3) is 0.611. The smallest absolute Gasteiger partial charge is 0.227 e. The first-order valence-corrected chi connectivity index (χ1v) is 8.41. The van der Waals surface area contributed by atoms with Crippen molar-refractivity contribution in [3.8, 4) is 11.5 Å². The molecule has 0 radical (unpaired) electrons. The molecule has 1 N–H and O–H groups in total. The van der Waals surface area contributed by atoms with E-state index < -0.39 is 0 Å². The monoisotopic (exact) mass is 372 g/mol. The number of carbonyl (C=O) groups is 1. The molecule has 1 aromatic rings. The molecule has 1 atom stereocenters. The maximum absolute atomic E-state index is 12.7. The maximum atomic E-state index is 12.7. The highest BCUT2D eigenvalue weighted by molar-refractivity contribution is 5.93. The number of anilines is 1. The Labute approximate surface area is 156 Å². The molecular formula is C18H29ClN2O4. The lowest BCUT2D eigenvalue weighted by Crippen LogP contribution is -2.34. The van der Waals surface area contributed by atoms with Gasteiger partial charge in [-0.15, -0.1) is 12.4 Å². The van der Waals surface area contributed by atoms with Gasteiger partial charge in [0.25, 0.3) is 0 Å². The van der Waals surface area contributed by atoms with Gasteiger partial charge in [0, 0.05) is 31.8 Å². The van der Waals surface area contributed by atoms with Crippen molar-refractivity contribution < 1.29 is 19.0 Å². The Morgan fingerprint density at radius 1 is 1.24 bits per heavy atom. The van der Waals surface area contributed by atoms with Crippen LogP contribution in [0.2, 0.25) is 0 Å². The molecule has 6 nitrogen and oxygen atoms in total. The minimum absolute atomic E-state index is 0. The van der Waals surface area contributed by atoms with Crippen LogP contribution in [0.1, 0.15) is 19.3 Å². The van der Waals surface area contributed by atoms with Gasteiger partial charge in [-0.2, -0.15) is 0 Å². The molecule has 2 rings (SSSR count). The fourth-order valence-corrected chi connectivity index (χ4v) is 3.00. The summed E-state index contributed by atoms with van der Waals surface area (Å²) in [7, 11) is 4.83. The van der Waals surface area contributed by atoms with Gasteiger partial charge in [-0.3, -0.25) is 4.79 Å². The van der Waals surface area contributed by atoms with Gasteiger partial charge in [-0.1, -0.05) is 0 Å². The average molecular weight is 373 g/mol. The summed E-state index contributed by atoms with van der Waals surface area (Å²) in [5, 5.41) is 3.34. The number of hydrogen-bond donors (Lipinski definition) is 1. The number of nitrogens with zero attached hydrogens (tertiary/aromatic N) is 1. The van der Waals surface area contributed by atoms with Crippen LogP contribution < -0.4 is 19.7 Å². The van der Waals surface area contributed by atoms with Crippen LogP contribution in [0, 0.1) is 5.92 Å².